The van der Waals surface area contributed by atoms with E-state index in [4.69, 9.17) is 9.15 Å². The Hall–Kier alpha value is -2.41. The molecule has 132 valence electrons. The van der Waals surface area contributed by atoms with Crippen LogP contribution in [-0.4, -0.2) is 55.0 Å². The van der Waals surface area contributed by atoms with Gasteiger partial charge in [0.25, 0.3) is 5.91 Å². The van der Waals surface area contributed by atoms with Gasteiger partial charge in [-0.25, -0.2) is 4.98 Å². The highest BCUT2D eigenvalue weighted by Crippen LogP contribution is 2.43. The highest BCUT2D eigenvalue weighted by molar-refractivity contribution is 6.05. The molecule has 25 heavy (non-hydrogen) atoms. The maximum Gasteiger partial charge on any atom is 0.256 e. The fraction of sp³-hybridized carbons (Fsp3) is 0.500. The van der Waals surface area contributed by atoms with Gasteiger partial charge in [0.1, 0.15) is 5.52 Å². The minimum Gasteiger partial charge on any atom is -0.441 e. The molecule has 7 heteroatoms. The second-order valence-electron chi connectivity index (χ2n) is 6.83. The van der Waals surface area contributed by atoms with Crippen LogP contribution in [-0.2, 0) is 9.53 Å². The van der Waals surface area contributed by atoms with Crippen LogP contribution in [0.25, 0.3) is 11.1 Å². The number of aromatic nitrogens is 1. The summed E-state index contributed by atoms with van der Waals surface area (Å²) in [4.78, 5) is 31.8. The van der Waals surface area contributed by atoms with Gasteiger partial charge in [0, 0.05) is 39.6 Å². The fourth-order valence-electron chi connectivity index (χ4n) is 4.13. The van der Waals surface area contributed by atoms with Gasteiger partial charge in [-0.3, -0.25) is 9.59 Å². The van der Waals surface area contributed by atoms with Gasteiger partial charge in [-0.2, -0.15) is 0 Å². The van der Waals surface area contributed by atoms with E-state index in [2.05, 4.69) is 10.3 Å². The van der Waals surface area contributed by atoms with Crippen molar-refractivity contribution >= 4 is 22.9 Å². The molecule has 2 amide bonds. The number of hydrogen-bond acceptors (Lipinski definition) is 5. The molecule has 0 saturated carbocycles. The zero-order valence-electron chi connectivity index (χ0n) is 14.4. The summed E-state index contributed by atoms with van der Waals surface area (Å²) in [6.45, 7) is 3.73. The third kappa shape index (κ3) is 2.41. The molecule has 1 aromatic carbocycles. The summed E-state index contributed by atoms with van der Waals surface area (Å²) in [6.07, 6.45) is 0.633. The predicted octanol–water partition coefficient (Wildman–Crippen LogP) is 1.36. The molecular formula is C18H21N3O4. The lowest BCUT2D eigenvalue weighted by Gasteiger charge is -2.36. The van der Waals surface area contributed by atoms with E-state index in [0.717, 1.165) is 0 Å². The number of hydrogen-bond donors (Lipinski definition) is 1. The normalized spacial score (nSPS) is 25.8. The molecule has 0 spiro atoms. The number of benzene rings is 1. The summed E-state index contributed by atoms with van der Waals surface area (Å²) in [5.41, 5.74) is 1.13. The monoisotopic (exact) mass is 343 g/mol. The van der Waals surface area contributed by atoms with Gasteiger partial charge in [-0.1, -0.05) is 6.07 Å². The van der Waals surface area contributed by atoms with Crippen LogP contribution in [0.4, 0.5) is 0 Å². The van der Waals surface area contributed by atoms with Gasteiger partial charge in [-0.05, 0) is 18.6 Å². The second-order valence-corrected chi connectivity index (χ2v) is 6.83. The van der Waals surface area contributed by atoms with E-state index >= 15 is 0 Å². The van der Waals surface area contributed by atoms with Crippen LogP contribution in [0, 0.1) is 18.3 Å². The quantitative estimate of drug-likeness (QED) is 0.890. The topological polar surface area (TPSA) is 84.7 Å². The summed E-state index contributed by atoms with van der Waals surface area (Å²) in [7, 11) is 1.65. The Morgan fingerprint density at radius 2 is 2.24 bits per heavy atom. The zero-order chi connectivity index (χ0) is 17.6. The molecule has 2 atom stereocenters. The van der Waals surface area contributed by atoms with E-state index in [9.17, 15) is 9.59 Å². The second kappa shape index (κ2) is 5.84. The maximum atomic E-state index is 13.1. The number of oxazole rings is 1. The van der Waals surface area contributed by atoms with Crippen molar-refractivity contribution < 1.29 is 18.7 Å². The van der Waals surface area contributed by atoms with E-state index in [1.54, 1.807) is 37.1 Å². The Morgan fingerprint density at radius 3 is 3.04 bits per heavy atom. The Morgan fingerprint density at radius 1 is 1.40 bits per heavy atom. The van der Waals surface area contributed by atoms with Crippen LogP contribution in [0.1, 0.15) is 22.7 Å². The number of nitrogens with one attached hydrogen (secondary N) is 1. The first-order valence-corrected chi connectivity index (χ1v) is 8.50. The van der Waals surface area contributed by atoms with Crippen LogP contribution in [0.3, 0.4) is 0 Å². The van der Waals surface area contributed by atoms with E-state index in [0.29, 0.717) is 55.3 Å². The number of rotatable bonds is 2. The SMILES string of the molecule is CNC(=O)[C@]12CCOC[C@H]1CN(C(=O)c1cccc3oc(C)nc13)C2. The van der Waals surface area contributed by atoms with Crippen LogP contribution in [0.15, 0.2) is 22.6 Å². The molecular weight excluding hydrogens is 322 g/mol. The van der Waals surface area contributed by atoms with Gasteiger partial charge in [0.05, 0.1) is 17.6 Å². The molecule has 2 fully saturated rings. The average Bonchev–Trinajstić information content (AvgIpc) is 3.20. The number of nitrogens with zero attached hydrogens (tertiary/aromatic N) is 2. The number of fused-ring (bicyclic) bond motifs is 2. The first kappa shape index (κ1) is 16.1. The fourth-order valence-corrected chi connectivity index (χ4v) is 4.13. The minimum atomic E-state index is -0.559. The molecule has 0 aliphatic carbocycles. The van der Waals surface area contributed by atoms with Crippen LogP contribution in [0.2, 0.25) is 0 Å². The Labute approximate surface area is 145 Å². The molecule has 2 aliphatic rings. The number of carbonyl (C=O) groups is 2. The third-order valence-electron chi connectivity index (χ3n) is 5.43. The van der Waals surface area contributed by atoms with Crippen molar-refractivity contribution in [2.75, 3.05) is 33.4 Å². The van der Waals surface area contributed by atoms with Crippen molar-refractivity contribution in [3.8, 4) is 0 Å². The summed E-state index contributed by atoms with van der Waals surface area (Å²) in [5, 5.41) is 2.77. The average molecular weight is 343 g/mol. The van der Waals surface area contributed by atoms with E-state index in [-0.39, 0.29) is 17.7 Å². The van der Waals surface area contributed by atoms with Gasteiger partial charge in [0.15, 0.2) is 11.5 Å². The van der Waals surface area contributed by atoms with Crippen LogP contribution >= 0.6 is 0 Å². The van der Waals surface area contributed by atoms with Gasteiger partial charge in [0.2, 0.25) is 5.91 Å². The molecule has 2 aromatic rings. The lowest BCUT2D eigenvalue weighted by molar-refractivity contribution is -0.138. The first-order valence-electron chi connectivity index (χ1n) is 8.50. The Bertz CT molecular complexity index is 846. The van der Waals surface area contributed by atoms with E-state index < -0.39 is 5.41 Å². The van der Waals surface area contributed by atoms with Crippen LogP contribution in [0.5, 0.6) is 0 Å². The van der Waals surface area contributed by atoms with Gasteiger partial charge in [-0.15, -0.1) is 0 Å². The molecule has 7 nitrogen and oxygen atoms in total. The lowest BCUT2D eigenvalue weighted by atomic mass is 9.73. The third-order valence-corrected chi connectivity index (χ3v) is 5.43. The van der Waals surface area contributed by atoms with Gasteiger partial charge >= 0.3 is 0 Å². The summed E-state index contributed by atoms with van der Waals surface area (Å²) < 4.78 is 11.1. The van der Waals surface area contributed by atoms with Crippen molar-refractivity contribution in [2.45, 2.75) is 13.3 Å². The smallest absolute Gasteiger partial charge is 0.256 e. The lowest BCUT2D eigenvalue weighted by Crippen LogP contribution is -2.49. The molecule has 2 saturated heterocycles. The van der Waals surface area contributed by atoms with Crippen molar-refractivity contribution in [1.29, 1.82) is 0 Å². The summed E-state index contributed by atoms with van der Waals surface area (Å²) >= 11 is 0. The Balaban J connectivity index is 1.68. The van der Waals surface area contributed by atoms with Crippen LogP contribution < -0.4 is 5.32 Å². The molecule has 1 aromatic heterocycles. The van der Waals surface area contributed by atoms with Gasteiger partial charge < -0.3 is 19.4 Å². The number of likely N-dealkylation sites (tertiary alicyclic amines) is 1. The predicted molar refractivity (Wildman–Crippen MR) is 90.1 cm³/mol. The summed E-state index contributed by atoms with van der Waals surface area (Å²) in [5.74, 6) is 0.423. The van der Waals surface area contributed by atoms with E-state index in [1.807, 2.05) is 0 Å². The van der Waals surface area contributed by atoms with Crippen molar-refractivity contribution in [2.24, 2.45) is 11.3 Å². The highest BCUT2D eigenvalue weighted by atomic mass is 16.5. The van der Waals surface area contributed by atoms with E-state index in [1.165, 1.54) is 0 Å². The molecule has 3 heterocycles. The number of amides is 2. The highest BCUT2D eigenvalue weighted by Gasteiger charge is 2.54. The molecule has 0 radical (unpaired) electrons. The molecule has 4 rings (SSSR count). The number of aryl methyl sites for hydroxylation is 1. The number of carbonyl (C=O) groups excluding carboxylic acids is 2. The standard InChI is InChI=1S/C18H21N3O4/c1-11-20-15-13(4-3-5-14(15)25-11)16(22)21-8-12-9-24-7-6-18(12,10-21)17(23)19-2/h3-5,12H,6-10H2,1-2H3,(H,19,23)/t12-,18+/m1/s1. The minimum absolute atomic E-state index is 0.00779. The first-order chi connectivity index (χ1) is 12.0. The van der Waals surface area contributed by atoms with Crippen molar-refractivity contribution in [3.05, 3.63) is 29.7 Å². The summed E-state index contributed by atoms with van der Waals surface area (Å²) in [6, 6.07) is 5.36. The molecule has 2 aliphatic heterocycles. The molecule has 0 unspecified atom stereocenters. The van der Waals surface area contributed by atoms with Crippen molar-refractivity contribution in [3.63, 3.8) is 0 Å². The van der Waals surface area contributed by atoms with Crippen molar-refractivity contribution in [1.82, 2.24) is 15.2 Å². The Kier molecular flexibility index (Phi) is 3.76. The number of para-hydroxylation sites is 1. The zero-order valence-corrected chi connectivity index (χ0v) is 14.4. The molecule has 0 bridgehead atoms. The molecule has 1 N–H and O–H groups in total. The largest absolute Gasteiger partial charge is 0.441 e. The maximum absolute atomic E-state index is 13.1. The number of ether oxygens (including phenoxy) is 1.